The summed E-state index contributed by atoms with van der Waals surface area (Å²) in [6, 6.07) is 9.97. The molecule has 1 fully saturated rings. The van der Waals surface area contributed by atoms with Crippen LogP contribution in [0.2, 0.25) is 0 Å². The smallest absolute Gasteiger partial charge is 0.254 e. The quantitative estimate of drug-likeness (QED) is 0.696. The standard InChI is InChI=1S/C20H23N5O2/c1-22-18-5-4-15(13-17(18)21-20(22)24-9-11-27-12-10-24)19(26)25-8-7-23-6-2-3-16(23)14-25/h2-6,13H,7-12,14H2,1H3. The van der Waals surface area contributed by atoms with E-state index in [-0.39, 0.29) is 5.91 Å². The molecule has 0 radical (unpaired) electrons. The van der Waals surface area contributed by atoms with Crippen LogP contribution < -0.4 is 4.90 Å². The third kappa shape index (κ3) is 2.78. The summed E-state index contributed by atoms with van der Waals surface area (Å²) in [6.45, 7) is 5.38. The summed E-state index contributed by atoms with van der Waals surface area (Å²) in [5.74, 6) is 1.01. The van der Waals surface area contributed by atoms with Crippen molar-refractivity contribution in [1.29, 1.82) is 0 Å². The first kappa shape index (κ1) is 16.4. The fraction of sp³-hybridized carbons (Fsp3) is 0.400. The van der Waals surface area contributed by atoms with Gasteiger partial charge in [-0.15, -0.1) is 0 Å². The van der Waals surface area contributed by atoms with E-state index >= 15 is 0 Å². The molecule has 2 aliphatic rings. The molecule has 4 heterocycles. The van der Waals surface area contributed by atoms with Gasteiger partial charge in [0.05, 0.1) is 30.8 Å². The number of hydrogen-bond donors (Lipinski definition) is 0. The topological polar surface area (TPSA) is 55.5 Å². The minimum absolute atomic E-state index is 0.0722. The maximum Gasteiger partial charge on any atom is 0.254 e. The average Bonchev–Trinajstić information content (AvgIpc) is 3.31. The summed E-state index contributed by atoms with van der Waals surface area (Å²) in [5.41, 5.74) is 3.79. The molecule has 1 aromatic carbocycles. The third-order valence-electron chi connectivity index (χ3n) is 5.57. The van der Waals surface area contributed by atoms with Crippen molar-refractivity contribution in [2.75, 3.05) is 37.7 Å². The zero-order valence-electron chi connectivity index (χ0n) is 15.5. The van der Waals surface area contributed by atoms with E-state index in [2.05, 4.69) is 26.3 Å². The number of nitrogens with zero attached hydrogens (tertiary/aromatic N) is 5. The van der Waals surface area contributed by atoms with Gasteiger partial charge in [-0.2, -0.15) is 0 Å². The van der Waals surface area contributed by atoms with Gasteiger partial charge in [-0.25, -0.2) is 4.98 Å². The Kier molecular flexibility index (Phi) is 3.89. The number of anilines is 1. The highest BCUT2D eigenvalue weighted by Crippen LogP contribution is 2.24. The third-order valence-corrected chi connectivity index (χ3v) is 5.57. The van der Waals surface area contributed by atoms with E-state index in [1.807, 2.05) is 36.2 Å². The van der Waals surface area contributed by atoms with Gasteiger partial charge in [0.2, 0.25) is 5.95 Å². The van der Waals surface area contributed by atoms with Gasteiger partial charge >= 0.3 is 0 Å². The Morgan fingerprint density at radius 3 is 2.81 bits per heavy atom. The number of morpholine rings is 1. The van der Waals surface area contributed by atoms with E-state index in [0.29, 0.717) is 12.1 Å². The van der Waals surface area contributed by atoms with Crippen LogP contribution >= 0.6 is 0 Å². The highest BCUT2D eigenvalue weighted by atomic mass is 16.5. The molecule has 5 rings (SSSR count). The van der Waals surface area contributed by atoms with Crippen molar-refractivity contribution in [3.63, 3.8) is 0 Å². The van der Waals surface area contributed by atoms with Gasteiger partial charge in [0.25, 0.3) is 5.91 Å². The van der Waals surface area contributed by atoms with Gasteiger partial charge in [-0.05, 0) is 30.3 Å². The van der Waals surface area contributed by atoms with Gasteiger partial charge in [-0.3, -0.25) is 4.79 Å². The van der Waals surface area contributed by atoms with E-state index in [1.165, 1.54) is 5.69 Å². The molecule has 1 saturated heterocycles. The number of carbonyl (C=O) groups excluding carboxylic acids is 1. The van der Waals surface area contributed by atoms with Crippen LogP contribution in [0, 0.1) is 0 Å². The molecule has 0 saturated carbocycles. The molecule has 27 heavy (non-hydrogen) atoms. The summed E-state index contributed by atoms with van der Waals surface area (Å²) in [7, 11) is 2.03. The van der Waals surface area contributed by atoms with Crippen molar-refractivity contribution in [2.24, 2.45) is 7.05 Å². The number of amides is 1. The van der Waals surface area contributed by atoms with E-state index in [4.69, 9.17) is 9.72 Å². The Morgan fingerprint density at radius 2 is 1.96 bits per heavy atom. The zero-order chi connectivity index (χ0) is 18.4. The molecule has 2 aliphatic heterocycles. The summed E-state index contributed by atoms with van der Waals surface area (Å²) < 4.78 is 9.75. The predicted octanol–water partition coefficient (Wildman–Crippen LogP) is 1.87. The lowest BCUT2D eigenvalue weighted by Gasteiger charge is -2.28. The molecule has 1 amide bonds. The Labute approximate surface area is 157 Å². The van der Waals surface area contributed by atoms with Gasteiger partial charge in [0.15, 0.2) is 0 Å². The molecule has 0 spiro atoms. The lowest BCUT2D eigenvalue weighted by atomic mass is 10.1. The van der Waals surface area contributed by atoms with Crippen LogP contribution in [0.15, 0.2) is 36.5 Å². The number of aryl methyl sites for hydroxylation is 1. The minimum atomic E-state index is 0.0722. The lowest BCUT2D eigenvalue weighted by Crippen LogP contribution is -2.37. The Balaban J connectivity index is 1.43. The first-order valence-corrected chi connectivity index (χ1v) is 9.43. The number of aromatic nitrogens is 3. The number of ether oxygens (including phenoxy) is 1. The molecule has 2 aromatic heterocycles. The van der Waals surface area contributed by atoms with Gasteiger partial charge < -0.3 is 23.7 Å². The second-order valence-corrected chi connectivity index (χ2v) is 7.19. The van der Waals surface area contributed by atoms with Crippen LogP contribution in [0.5, 0.6) is 0 Å². The minimum Gasteiger partial charge on any atom is -0.378 e. The maximum atomic E-state index is 13.0. The Morgan fingerprint density at radius 1 is 1.11 bits per heavy atom. The first-order valence-electron chi connectivity index (χ1n) is 9.43. The summed E-state index contributed by atoms with van der Waals surface area (Å²) in [4.78, 5) is 22.0. The molecular weight excluding hydrogens is 342 g/mol. The number of fused-ring (bicyclic) bond motifs is 2. The lowest BCUT2D eigenvalue weighted by molar-refractivity contribution is 0.0711. The van der Waals surface area contributed by atoms with E-state index < -0.39 is 0 Å². The van der Waals surface area contributed by atoms with E-state index in [9.17, 15) is 4.79 Å². The number of imidazole rings is 1. The zero-order valence-corrected chi connectivity index (χ0v) is 15.5. The second kappa shape index (κ2) is 6.42. The number of hydrogen-bond acceptors (Lipinski definition) is 4. The number of carbonyl (C=O) groups is 1. The average molecular weight is 365 g/mol. The van der Waals surface area contributed by atoms with Crippen LogP contribution in [-0.2, 0) is 24.9 Å². The van der Waals surface area contributed by atoms with Gasteiger partial charge in [0.1, 0.15) is 0 Å². The molecule has 140 valence electrons. The van der Waals surface area contributed by atoms with Crippen LogP contribution in [0.1, 0.15) is 16.1 Å². The largest absolute Gasteiger partial charge is 0.378 e. The summed E-state index contributed by atoms with van der Waals surface area (Å²) in [5, 5.41) is 0. The number of rotatable bonds is 2. The van der Waals surface area contributed by atoms with Crippen molar-refractivity contribution < 1.29 is 9.53 Å². The highest BCUT2D eigenvalue weighted by molar-refractivity contribution is 5.97. The van der Waals surface area contributed by atoms with Crippen LogP contribution in [0.3, 0.4) is 0 Å². The SMILES string of the molecule is Cn1c(N2CCOCC2)nc2cc(C(=O)N3CCn4cccc4C3)ccc21. The van der Waals surface area contributed by atoms with Crippen LogP contribution in [0.25, 0.3) is 11.0 Å². The molecular formula is C20H23N5O2. The number of benzene rings is 1. The van der Waals surface area contributed by atoms with E-state index in [1.54, 1.807) is 0 Å². The Bertz CT molecular complexity index is 999. The maximum absolute atomic E-state index is 13.0. The van der Waals surface area contributed by atoms with Crippen molar-refractivity contribution in [3.05, 3.63) is 47.8 Å². The molecule has 7 heteroatoms. The summed E-state index contributed by atoms with van der Waals surface area (Å²) >= 11 is 0. The first-order chi connectivity index (χ1) is 13.2. The predicted molar refractivity (Wildman–Crippen MR) is 103 cm³/mol. The van der Waals surface area contributed by atoms with Crippen LogP contribution in [-0.4, -0.2) is 57.8 Å². The molecule has 0 unspecified atom stereocenters. The van der Waals surface area contributed by atoms with Crippen molar-refractivity contribution >= 4 is 22.9 Å². The molecule has 3 aromatic rings. The fourth-order valence-electron chi connectivity index (χ4n) is 4.04. The molecule has 0 atom stereocenters. The molecule has 0 aliphatic carbocycles. The van der Waals surface area contributed by atoms with Gasteiger partial charge in [-0.1, -0.05) is 0 Å². The molecule has 0 bridgehead atoms. The van der Waals surface area contributed by atoms with Crippen molar-refractivity contribution in [1.82, 2.24) is 19.0 Å². The monoisotopic (exact) mass is 365 g/mol. The van der Waals surface area contributed by atoms with E-state index in [0.717, 1.165) is 56.4 Å². The summed E-state index contributed by atoms with van der Waals surface area (Å²) in [6.07, 6.45) is 2.07. The normalized spacial score (nSPS) is 17.4. The Hall–Kier alpha value is -2.80. The van der Waals surface area contributed by atoms with Crippen molar-refractivity contribution in [3.8, 4) is 0 Å². The van der Waals surface area contributed by atoms with Crippen molar-refractivity contribution in [2.45, 2.75) is 13.1 Å². The fourth-order valence-corrected chi connectivity index (χ4v) is 4.04. The highest BCUT2D eigenvalue weighted by Gasteiger charge is 2.23. The van der Waals surface area contributed by atoms with Crippen LogP contribution in [0.4, 0.5) is 5.95 Å². The molecule has 0 N–H and O–H groups in total. The van der Waals surface area contributed by atoms with Gasteiger partial charge in [0, 0.05) is 50.7 Å². The molecule has 7 nitrogen and oxygen atoms in total. The second-order valence-electron chi connectivity index (χ2n) is 7.19.